The highest BCUT2D eigenvalue weighted by Gasteiger charge is 2.39. The minimum absolute atomic E-state index is 0.408. The summed E-state index contributed by atoms with van der Waals surface area (Å²) in [6, 6.07) is 30.5. The standard InChI is InChI=1S/C26H18N2O3/c29-25-26(30)28(20-13-6-5-12-19(20)27(25)17-9-2-1-3-10-17)21-14-8-16-23-24(21)18-11-4-7-15-22(18)31-23/h1-16,26,30H. The third-order valence-electron chi connectivity index (χ3n) is 5.72. The molecule has 31 heavy (non-hydrogen) atoms. The zero-order valence-corrected chi connectivity index (χ0v) is 16.5. The molecule has 4 aromatic carbocycles. The van der Waals surface area contributed by atoms with Crippen molar-refractivity contribution in [1.29, 1.82) is 0 Å². The molecule has 0 radical (unpaired) electrons. The molecule has 0 saturated heterocycles. The molecule has 0 aliphatic carbocycles. The first-order valence-corrected chi connectivity index (χ1v) is 10.1. The molecule has 1 aromatic heterocycles. The van der Waals surface area contributed by atoms with Gasteiger partial charge in [0, 0.05) is 11.1 Å². The van der Waals surface area contributed by atoms with Gasteiger partial charge in [-0.3, -0.25) is 9.69 Å². The lowest BCUT2D eigenvalue weighted by Gasteiger charge is -2.40. The molecule has 1 unspecified atom stereocenters. The van der Waals surface area contributed by atoms with Gasteiger partial charge in [-0.05, 0) is 42.5 Å². The van der Waals surface area contributed by atoms with Crippen LogP contribution in [-0.4, -0.2) is 17.2 Å². The Morgan fingerprint density at radius 3 is 2.16 bits per heavy atom. The molecule has 1 atom stereocenters. The second-order valence-electron chi connectivity index (χ2n) is 7.49. The lowest BCUT2D eigenvalue weighted by atomic mass is 10.1. The van der Waals surface area contributed by atoms with Gasteiger partial charge in [0.15, 0.2) is 0 Å². The van der Waals surface area contributed by atoms with Crippen molar-refractivity contribution in [3.63, 3.8) is 0 Å². The number of hydrogen-bond donors (Lipinski definition) is 1. The van der Waals surface area contributed by atoms with Gasteiger partial charge >= 0.3 is 0 Å². The number of anilines is 4. The Balaban J connectivity index is 1.62. The maximum Gasteiger partial charge on any atom is 0.281 e. The van der Waals surface area contributed by atoms with E-state index in [1.807, 2.05) is 97.1 Å². The van der Waals surface area contributed by atoms with E-state index in [4.69, 9.17) is 4.42 Å². The van der Waals surface area contributed by atoms with Crippen LogP contribution >= 0.6 is 0 Å². The van der Waals surface area contributed by atoms with E-state index in [0.29, 0.717) is 17.0 Å². The number of hydrogen-bond acceptors (Lipinski definition) is 4. The molecule has 150 valence electrons. The summed E-state index contributed by atoms with van der Waals surface area (Å²) >= 11 is 0. The molecule has 1 N–H and O–H groups in total. The Morgan fingerprint density at radius 2 is 1.32 bits per heavy atom. The Morgan fingerprint density at radius 1 is 0.677 bits per heavy atom. The van der Waals surface area contributed by atoms with Gasteiger partial charge in [-0.15, -0.1) is 0 Å². The second-order valence-corrected chi connectivity index (χ2v) is 7.49. The Labute approximate surface area is 178 Å². The van der Waals surface area contributed by atoms with Gasteiger partial charge in [0.25, 0.3) is 5.91 Å². The number of para-hydroxylation sites is 4. The Hall–Kier alpha value is -4.09. The van der Waals surface area contributed by atoms with E-state index in [-0.39, 0.29) is 0 Å². The normalized spacial score (nSPS) is 16.2. The molecule has 5 nitrogen and oxygen atoms in total. The third-order valence-corrected chi connectivity index (χ3v) is 5.72. The van der Waals surface area contributed by atoms with Crippen LogP contribution in [0.15, 0.2) is 101 Å². The van der Waals surface area contributed by atoms with Crippen LogP contribution in [0.1, 0.15) is 0 Å². The largest absolute Gasteiger partial charge is 0.456 e. The minimum Gasteiger partial charge on any atom is -0.456 e. The number of furan rings is 1. The summed E-state index contributed by atoms with van der Waals surface area (Å²) in [5.41, 5.74) is 4.38. The summed E-state index contributed by atoms with van der Waals surface area (Å²) in [7, 11) is 0. The van der Waals surface area contributed by atoms with Gasteiger partial charge in [-0.25, -0.2) is 0 Å². The number of fused-ring (bicyclic) bond motifs is 4. The van der Waals surface area contributed by atoms with Crippen molar-refractivity contribution >= 4 is 50.6 Å². The maximum absolute atomic E-state index is 13.4. The van der Waals surface area contributed by atoms with Crippen molar-refractivity contribution in [2.45, 2.75) is 6.23 Å². The van der Waals surface area contributed by atoms with Crippen molar-refractivity contribution in [2.75, 3.05) is 9.80 Å². The monoisotopic (exact) mass is 406 g/mol. The fourth-order valence-corrected chi connectivity index (χ4v) is 4.39. The zero-order valence-electron chi connectivity index (χ0n) is 16.5. The van der Waals surface area contributed by atoms with Gasteiger partial charge in [0.05, 0.1) is 22.4 Å². The average Bonchev–Trinajstić information content (AvgIpc) is 3.20. The molecule has 1 aliphatic heterocycles. The molecule has 0 bridgehead atoms. The van der Waals surface area contributed by atoms with Gasteiger partial charge in [-0.2, -0.15) is 0 Å². The van der Waals surface area contributed by atoms with Gasteiger partial charge in [0.1, 0.15) is 11.2 Å². The molecule has 6 rings (SSSR count). The average molecular weight is 406 g/mol. The molecule has 2 heterocycles. The quantitative estimate of drug-likeness (QED) is 0.407. The first-order valence-electron chi connectivity index (χ1n) is 10.1. The number of amides is 1. The molecular weight excluding hydrogens is 388 g/mol. The highest BCUT2D eigenvalue weighted by molar-refractivity contribution is 6.16. The third kappa shape index (κ3) is 2.57. The zero-order chi connectivity index (χ0) is 20.9. The second kappa shape index (κ2) is 6.72. The van der Waals surface area contributed by atoms with Crippen molar-refractivity contribution < 1.29 is 14.3 Å². The molecule has 1 aliphatic rings. The predicted octanol–water partition coefficient (Wildman–Crippen LogP) is 5.72. The number of benzene rings is 4. The van der Waals surface area contributed by atoms with Crippen LogP contribution in [0.3, 0.4) is 0 Å². The van der Waals surface area contributed by atoms with Crippen LogP contribution in [0.5, 0.6) is 0 Å². The number of carbonyl (C=O) groups is 1. The van der Waals surface area contributed by atoms with Crippen molar-refractivity contribution in [2.24, 2.45) is 0 Å². The number of carbonyl (C=O) groups excluding carboxylic acids is 1. The number of aliphatic hydroxyl groups excluding tert-OH is 1. The SMILES string of the molecule is O=C1C(O)N(c2cccc3oc4ccccc4c23)c2ccccc2N1c1ccccc1. The van der Waals surface area contributed by atoms with Gasteiger partial charge < -0.3 is 14.4 Å². The van der Waals surface area contributed by atoms with Crippen LogP contribution in [0, 0.1) is 0 Å². The highest BCUT2D eigenvalue weighted by atomic mass is 16.3. The Bertz CT molecular complexity index is 1440. The molecule has 0 spiro atoms. The lowest BCUT2D eigenvalue weighted by molar-refractivity contribution is -0.125. The van der Waals surface area contributed by atoms with Crippen molar-refractivity contribution in [3.8, 4) is 0 Å². The summed E-state index contributed by atoms with van der Waals surface area (Å²) in [4.78, 5) is 16.7. The van der Waals surface area contributed by atoms with Gasteiger partial charge in [0.2, 0.25) is 6.23 Å². The maximum atomic E-state index is 13.4. The Kier molecular flexibility index (Phi) is 3.85. The summed E-state index contributed by atoms with van der Waals surface area (Å²) < 4.78 is 6.02. The van der Waals surface area contributed by atoms with E-state index in [1.54, 1.807) is 9.80 Å². The van der Waals surface area contributed by atoms with Crippen LogP contribution in [0.2, 0.25) is 0 Å². The van der Waals surface area contributed by atoms with E-state index in [1.165, 1.54) is 0 Å². The molecule has 5 heteroatoms. The molecule has 5 aromatic rings. The smallest absolute Gasteiger partial charge is 0.281 e. The highest BCUT2D eigenvalue weighted by Crippen LogP contribution is 2.46. The fourth-order valence-electron chi connectivity index (χ4n) is 4.39. The predicted molar refractivity (Wildman–Crippen MR) is 122 cm³/mol. The van der Waals surface area contributed by atoms with Crippen LogP contribution in [0.25, 0.3) is 21.9 Å². The van der Waals surface area contributed by atoms with E-state index in [9.17, 15) is 9.90 Å². The summed E-state index contributed by atoms with van der Waals surface area (Å²) in [5, 5.41) is 13.1. The number of aliphatic hydroxyl groups is 1. The van der Waals surface area contributed by atoms with Crippen molar-refractivity contribution in [3.05, 3.63) is 97.1 Å². The van der Waals surface area contributed by atoms with Gasteiger partial charge in [-0.1, -0.05) is 54.6 Å². The summed E-state index contributed by atoms with van der Waals surface area (Å²) in [5.74, 6) is -0.408. The fraction of sp³-hybridized carbons (Fsp3) is 0.0385. The molecule has 0 fully saturated rings. The van der Waals surface area contributed by atoms with Crippen molar-refractivity contribution in [1.82, 2.24) is 0 Å². The van der Waals surface area contributed by atoms with E-state index < -0.39 is 12.1 Å². The topological polar surface area (TPSA) is 56.9 Å². The van der Waals surface area contributed by atoms with Crippen LogP contribution in [-0.2, 0) is 4.79 Å². The van der Waals surface area contributed by atoms with E-state index >= 15 is 0 Å². The molecule has 1 amide bonds. The molecular formula is C26H18N2O3. The van der Waals surface area contributed by atoms with E-state index in [0.717, 1.165) is 27.7 Å². The number of nitrogens with zero attached hydrogens (tertiary/aromatic N) is 2. The number of rotatable bonds is 2. The van der Waals surface area contributed by atoms with Crippen LogP contribution in [0.4, 0.5) is 22.7 Å². The van der Waals surface area contributed by atoms with Crippen LogP contribution < -0.4 is 9.80 Å². The summed E-state index contributed by atoms with van der Waals surface area (Å²) in [6.45, 7) is 0. The first-order chi connectivity index (χ1) is 15.2. The first kappa shape index (κ1) is 17.7. The molecule has 0 saturated carbocycles. The summed E-state index contributed by atoms with van der Waals surface area (Å²) in [6.07, 6.45) is -1.38. The van der Waals surface area contributed by atoms with E-state index in [2.05, 4.69) is 0 Å². The minimum atomic E-state index is -1.38. The lowest BCUT2D eigenvalue weighted by Crippen LogP contribution is -2.49.